The molecule has 1 atom stereocenters. The molecule has 4 rings (SSSR count). The van der Waals surface area contributed by atoms with Crippen molar-refractivity contribution in [3.8, 4) is 5.75 Å². The van der Waals surface area contributed by atoms with E-state index in [0.717, 1.165) is 28.7 Å². The topological polar surface area (TPSA) is 49.9 Å². The number of hydrogen-bond acceptors (Lipinski definition) is 3. The number of rotatable bonds is 8. The Bertz CT molecular complexity index is 1190. The third-order valence-corrected chi connectivity index (χ3v) is 6.49. The van der Waals surface area contributed by atoms with Gasteiger partial charge in [-0.15, -0.1) is 0 Å². The summed E-state index contributed by atoms with van der Waals surface area (Å²) in [5.41, 5.74) is 3.98. The van der Waals surface area contributed by atoms with Crippen molar-refractivity contribution in [1.82, 2.24) is 9.80 Å². The van der Waals surface area contributed by atoms with E-state index < -0.39 is 0 Å². The highest BCUT2D eigenvalue weighted by atomic mass is 19.1. The first-order valence-electron chi connectivity index (χ1n) is 12.4. The molecule has 1 aliphatic heterocycles. The lowest BCUT2D eigenvalue weighted by atomic mass is 9.87. The molecule has 0 N–H and O–H groups in total. The van der Waals surface area contributed by atoms with E-state index in [1.807, 2.05) is 67.3 Å². The van der Waals surface area contributed by atoms with Gasteiger partial charge in [-0.2, -0.15) is 0 Å². The van der Waals surface area contributed by atoms with E-state index in [-0.39, 0.29) is 36.2 Å². The molecule has 188 valence electrons. The van der Waals surface area contributed by atoms with Crippen molar-refractivity contribution < 1.29 is 18.7 Å². The first-order valence-corrected chi connectivity index (χ1v) is 12.4. The zero-order valence-corrected chi connectivity index (χ0v) is 21.1. The smallest absolute Gasteiger partial charge is 0.260 e. The van der Waals surface area contributed by atoms with Gasteiger partial charge in [0.2, 0.25) is 5.91 Å². The van der Waals surface area contributed by atoms with E-state index in [2.05, 4.69) is 0 Å². The van der Waals surface area contributed by atoms with Crippen molar-refractivity contribution in [2.75, 3.05) is 20.2 Å². The summed E-state index contributed by atoms with van der Waals surface area (Å²) in [7, 11) is 1.76. The van der Waals surface area contributed by atoms with Crippen molar-refractivity contribution in [1.29, 1.82) is 0 Å². The van der Waals surface area contributed by atoms with Crippen LogP contribution in [0.2, 0.25) is 0 Å². The van der Waals surface area contributed by atoms with Crippen LogP contribution in [0.4, 0.5) is 4.39 Å². The van der Waals surface area contributed by atoms with Gasteiger partial charge in [0.25, 0.3) is 5.91 Å². The lowest BCUT2D eigenvalue weighted by molar-refractivity contribution is -0.134. The number of amides is 2. The van der Waals surface area contributed by atoms with Crippen molar-refractivity contribution in [2.45, 2.75) is 39.3 Å². The number of nitrogens with zero attached hydrogens (tertiary/aromatic N) is 2. The predicted octanol–water partition coefficient (Wildman–Crippen LogP) is 5.38. The molecule has 0 fully saturated rings. The third kappa shape index (κ3) is 6.11. The van der Waals surface area contributed by atoms with Crippen LogP contribution in [0.15, 0.2) is 72.8 Å². The Morgan fingerprint density at radius 3 is 2.47 bits per heavy atom. The van der Waals surface area contributed by atoms with Crippen LogP contribution >= 0.6 is 0 Å². The fourth-order valence-corrected chi connectivity index (χ4v) is 4.62. The molecule has 0 saturated carbocycles. The Hall–Kier alpha value is -3.67. The average molecular weight is 489 g/mol. The van der Waals surface area contributed by atoms with E-state index in [1.165, 1.54) is 12.1 Å². The van der Waals surface area contributed by atoms with Crippen LogP contribution in [-0.4, -0.2) is 41.8 Å². The second-order valence-corrected chi connectivity index (χ2v) is 9.77. The SMILES string of the molecule is CC(C)CC(=O)N1CCc2ccc(OCC(=O)N(C)Cc3ccccc3)cc2C1c1ccc(F)cc1. The first-order chi connectivity index (χ1) is 17.3. The van der Waals surface area contributed by atoms with E-state index in [1.54, 1.807) is 24.1 Å². The summed E-state index contributed by atoms with van der Waals surface area (Å²) in [5.74, 6) is 0.446. The number of carbonyl (C=O) groups excluding carboxylic acids is 2. The summed E-state index contributed by atoms with van der Waals surface area (Å²) in [5, 5.41) is 0. The molecule has 0 aliphatic carbocycles. The Labute approximate surface area is 212 Å². The van der Waals surface area contributed by atoms with Crippen LogP contribution in [-0.2, 0) is 22.6 Å². The van der Waals surface area contributed by atoms with Crippen molar-refractivity contribution >= 4 is 11.8 Å². The van der Waals surface area contributed by atoms with Gasteiger partial charge in [0.15, 0.2) is 6.61 Å². The van der Waals surface area contributed by atoms with Crippen LogP contribution in [0, 0.1) is 11.7 Å². The van der Waals surface area contributed by atoms with E-state index in [9.17, 15) is 14.0 Å². The Morgan fingerprint density at radius 1 is 1.06 bits per heavy atom. The second-order valence-electron chi connectivity index (χ2n) is 9.77. The molecule has 1 aliphatic rings. The second kappa shape index (κ2) is 11.4. The highest BCUT2D eigenvalue weighted by Crippen LogP contribution is 2.38. The molecule has 3 aromatic carbocycles. The summed E-state index contributed by atoms with van der Waals surface area (Å²) in [4.78, 5) is 29.4. The standard InChI is InChI=1S/C30H33FN2O3/c1-21(2)17-28(34)33-16-15-23-11-14-26(18-27(23)30(33)24-9-12-25(31)13-10-24)36-20-29(35)32(3)19-22-7-5-4-6-8-22/h4-14,18,21,30H,15-17,19-20H2,1-3H3. The van der Waals surface area contributed by atoms with Crippen LogP contribution in [0.5, 0.6) is 5.75 Å². The third-order valence-electron chi connectivity index (χ3n) is 6.49. The number of hydrogen-bond donors (Lipinski definition) is 0. The maximum atomic E-state index is 13.7. The monoisotopic (exact) mass is 488 g/mol. The molecule has 1 heterocycles. The van der Waals surface area contributed by atoms with Gasteiger partial charge >= 0.3 is 0 Å². The molecule has 0 bridgehead atoms. The number of ether oxygens (including phenoxy) is 1. The van der Waals surface area contributed by atoms with Crippen molar-refractivity contribution in [3.05, 3.63) is 101 Å². The molecule has 6 heteroatoms. The molecular formula is C30H33FN2O3. The van der Waals surface area contributed by atoms with E-state index in [4.69, 9.17) is 4.74 Å². The summed E-state index contributed by atoms with van der Waals surface area (Å²) in [6, 6.07) is 21.6. The molecule has 36 heavy (non-hydrogen) atoms. The molecule has 1 unspecified atom stereocenters. The number of benzene rings is 3. The molecule has 0 aromatic heterocycles. The summed E-state index contributed by atoms with van der Waals surface area (Å²) < 4.78 is 19.6. The van der Waals surface area contributed by atoms with Crippen molar-refractivity contribution in [2.24, 2.45) is 5.92 Å². The summed E-state index contributed by atoms with van der Waals surface area (Å²) >= 11 is 0. The van der Waals surface area contributed by atoms with Gasteiger partial charge in [0.05, 0.1) is 6.04 Å². The lowest BCUT2D eigenvalue weighted by Gasteiger charge is -2.38. The van der Waals surface area contributed by atoms with Gasteiger partial charge in [0.1, 0.15) is 11.6 Å². The normalized spacial score (nSPS) is 14.9. The zero-order valence-electron chi connectivity index (χ0n) is 21.1. The maximum Gasteiger partial charge on any atom is 0.260 e. The largest absolute Gasteiger partial charge is 0.484 e. The maximum absolute atomic E-state index is 13.7. The number of likely N-dealkylation sites (N-methyl/N-ethyl adjacent to an activating group) is 1. The minimum absolute atomic E-state index is 0.0778. The fraction of sp³-hybridized carbons (Fsp3) is 0.333. The van der Waals surface area contributed by atoms with E-state index in [0.29, 0.717) is 25.3 Å². The van der Waals surface area contributed by atoms with Gasteiger partial charge in [-0.3, -0.25) is 9.59 Å². The summed E-state index contributed by atoms with van der Waals surface area (Å²) in [6.07, 6.45) is 1.18. The molecular weight excluding hydrogens is 455 g/mol. The lowest BCUT2D eigenvalue weighted by Crippen LogP contribution is -2.41. The quantitative estimate of drug-likeness (QED) is 0.428. The van der Waals surface area contributed by atoms with Gasteiger partial charge in [-0.25, -0.2) is 4.39 Å². The molecule has 0 spiro atoms. The number of halogens is 1. The van der Waals surface area contributed by atoms with Crippen LogP contribution in [0.3, 0.4) is 0 Å². The number of fused-ring (bicyclic) bond motifs is 1. The Morgan fingerprint density at radius 2 is 1.78 bits per heavy atom. The molecule has 3 aromatic rings. The molecule has 2 amide bonds. The van der Waals surface area contributed by atoms with Gasteiger partial charge in [-0.05, 0) is 58.9 Å². The first kappa shape index (κ1) is 25.4. The highest BCUT2D eigenvalue weighted by Gasteiger charge is 2.32. The Balaban J connectivity index is 1.54. The van der Waals surface area contributed by atoms with Crippen LogP contribution < -0.4 is 4.74 Å². The van der Waals surface area contributed by atoms with Crippen LogP contribution in [0.1, 0.15) is 48.6 Å². The average Bonchev–Trinajstić information content (AvgIpc) is 2.87. The fourth-order valence-electron chi connectivity index (χ4n) is 4.62. The van der Waals surface area contributed by atoms with Gasteiger partial charge < -0.3 is 14.5 Å². The predicted molar refractivity (Wildman–Crippen MR) is 138 cm³/mol. The molecule has 0 radical (unpaired) electrons. The van der Waals surface area contributed by atoms with Crippen molar-refractivity contribution in [3.63, 3.8) is 0 Å². The van der Waals surface area contributed by atoms with Crippen LogP contribution in [0.25, 0.3) is 0 Å². The molecule has 5 nitrogen and oxygen atoms in total. The van der Waals surface area contributed by atoms with Gasteiger partial charge in [-0.1, -0.05) is 62.4 Å². The van der Waals surface area contributed by atoms with E-state index >= 15 is 0 Å². The minimum Gasteiger partial charge on any atom is -0.484 e. The highest BCUT2D eigenvalue weighted by molar-refractivity contribution is 5.78. The minimum atomic E-state index is -0.333. The summed E-state index contributed by atoms with van der Waals surface area (Å²) in [6.45, 7) is 5.08. The zero-order chi connectivity index (χ0) is 25.7. The number of carbonyl (C=O) groups is 2. The Kier molecular flexibility index (Phi) is 8.04. The van der Waals surface area contributed by atoms with Gasteiger partial charge in [0, 0.05) is 26.6 Å². The molecule has 0 saturated heterocycles.